The molecule has 1 heterocycles. The van der Waals surface area contributed by atoms with Gasteiger partial charge in [0.2, 0.25) is 5.89 Å². The topological polar surface area (TPSA) is 66.9 Å². The van der Waals surface area contributed by atoms with Gasteiger partial charge in [-0.05, 0) is 37.3 Å². The van der Waals surface area contributed by atoms with Gasteiger partial charge in [-0.15, -0.1) is 0 Å². The molecule has 3 atom stereocenters. The van der Waals surface area contributed by atoms with Crippen LogP contribution in [0.1, 0.15) is 39.5 Å². The second kappa shape index (κ2) is 5.34. The van der Waals surface area contributed by atoms with E-state index >= 15 is 0 Å². The highest BCUT2D eigenvalue weighted by atomic mass is 16.3. The first-order chi connectivity index (χ1) is 10.9. The molecule has 3 rings (SSSR count). The first kappa shape index (κ1) is 15.5. The molecule has 0 spiro atoms. The van der Waals surface area contributed by atoms with Crippen molar-refractivity contribution in [1.29, 1.82) is 5.26 Å². The first-order valence-electron chi connectivity index (χ1n) is 7.80. The van der Waals surface area contributed by atoms with E-state index in [9.17, 15) is 10.1 Å². The summed E-state index contributed by atoms with van der Waals surface area (Å²) in [6.07, 6.45) is 2.13. The SMILES string of the molecule is CC(C)=CC1C(C(=O)C(C#N)c2nc3ccccc3o2)C1(C)C. The van der Waals surface area contributed by atoms with E-state index in [0.29, 0.717) is 11.1 Å². The summed E-state index contributed by atoms with van der Waals surface area (Å²) in [5.41, 5.74) is 2.35. The Morgan fingerprint density at radius 2 is 2.09 bits per heavy atom. The summed E-state index contributed by atoms with van der Waals surface area (Å²) in [5.74, 6) is -0.802. The molecule has 0 amide bonds. The number of hydrogen-bond acceptors (Lipinski definition) is 4. The fraction of sp³-hybridized carbons (Fsp3) is 0.421. The van der Waals surface area contributed by atoms with Crippen LogP contribution < -0.4 is 0 Å². The van der Waals surface area contributed by atoms with Crippen molar-refractivity contribution in [3.63, 3.8) is 0 Å². The summed E-state index contributed by atoms with van der Waals surface area (Å²) in [6, 6.07) is 9.39. The molecule has 0 bridgehead atoms. The minimum Gasteiger partial charge on any atom is -0.439 e. The maximum atomic E-state index is 12.9. The Kier molecular flexibility index (Phi) is 3.60. The third-order valence-electron chi connectivity index (χ3n) is 4.70. The molecule has 1 aliphatic carbocycles. The molecular formula is C19H20N2O2. The number of carbonyl (C=O) groups is 1. The van der Waals surface area contributed by atoms with E-state index in [1.165, 1.54) is 5.57 Å². The molecule has 2 aromatic rings. The minimum atomic E-state index is -0.942. The number of rotatable bonds is 4. The molecule has 1 aromatic carbocycles. The molecule has 0 saturated heterocycles. The quantitative estimate of drug-likeness (QED) is 0.792. The Morgan fingerprint density at radius 3 is 2.70 bits per heavy atom. The Balaban J connectivity index is 1.91. The lowest BCUT2D eigenvalue weighted by Gasteiger charge is -2.05. The molecular weight excluding hydrogens is 288 g/mol. The first-order valence-corrected chi connectivity index (χ1v) is 7.80. The zero-order valence-corrected chi connectivity index (χ0v) is 13.8. The van der Waals surface area contributed by atoms with Crippen LogP contribution in [0.4, 0.5) is 0 Å². The number of nitrogens with zero attached hydrogens (tertiary/aromatic N) is 2. The average molecular weight is 308 g/mol. The van der Waals surface area contributed by atoms with Crippen molar-refractivity contribution in [1.82, 2.24) is 4.98 Å². The number of aromatic nitrogens is 1. The highest BCUT2D eigenvalue weighted by Gasteiger charge is 2.61. The van der Waals surface area contributed by atoms with Crippen LogP contribution in [-0.4, -0.2) is 10.8 Å². The number of Topliss-reactive ketones (excluding diaryl/α,β-unsaturated/α-hetero) is 1. The number of hydrogen-bond donors (Lipinski definition) is 0. The van der Waals surface area contributed by atoms with Gasteiger partial charge in [0.25, 0.3) is 0 Å². The molecule has 1 fully saturated rings. The fourth-order valence-corrected chi connectivity index (χ4v) is 3.32. The summed E-state index contributed by atoms with van der Waals surface area (Å²) < 4.78 is 5.63. The van der Waals surface area contributed by atoms with Gasteiger partial charge in [0.15, 0.2) is 17.3 Å². The molecule has 0 aliphatic heterocycles. The number of nitriles is 1. The molecule has 1 aromatic heterocycles. The zero-order chi connectivity index (χ0) is 16.8. The summed E-state index contributed by atoms with van der Waals surface area (Å²) in [4.78, 5) is 17.2. The molecule has 4 heteroatoms. The third-order valence-corrected chi connectivity index (χ3v) is 4.70. The van der Waals surface area contributed by atoms with Crippen LogP contribution in [0.2, 0.25) is 0 Å². The average Bonchev–Trinajstić information content (AvgIpc) is 2.84. The third kappa shape index (κ3) is 2.57. The van der Waals surface area contributed by atoms with Gasteiger partial charge in [0, 0.05) is 5.92 Å². The standard InChI is InChI=1S/C19H20N2O2/c1-11(2)9-13-16(19(13,3)4)17(22)12(10-20)18-21-14-7-5-6-8-15(14)23-18/h5-9,12-13,16H,1-4H3. The van der Waals surface area contributed by atoms with E-state index in [-0.39, 0.29) is 28.9 Å². The van der Waals surface area contributed by atoms with Crippen molar-refractivity contribution in [3.8, 4) is 6.07 Å². The second-order valence-corrected chi connectivity index (χ2v) is 7.05. The van der Waals surface area contributed by atoms with Gasteiger partial charge in [0.1, 0.15) is 5.52 Å². The number of benzene rings is 1. The molecule has 1 aliphatic rings. The van der Waals surface area contributed by atoms with Gasteiger partial charge in [-0.25, -0.2) is 4.98 Å². The minimum absolute atomic E-state index is 0.0912. The number of carbonyl (C=O) groups excluding carboxylic acids is 1. The summed E-state index contributed by atoms with van der Waals surface area (Å²) in [5, 5.41) is 9.50. The highest BCUT2D eigenvalue weighted by molar-refractivity contribution is 5.93. The van der Waals surface area contributed by atoms with Crippen LogP contribution in [0, 0.1) is 28.6 Å². The van der Waals surface area contributed by atoms with Crippen LogP contribution in [0.3, 0.4) is 0 Å². The van der Waals surface area contributed by atoms with E-state index in [1.54, 1.807) is 6.07 Å². The Bertz CT molecular complexity index is 801. The summed E-state index contributed by atoms with van der Waals surface area (Å²) in [6.45, 7) is 8.19. The number of ketones is 1. The van der Waals surface area contributed by atoms with E-state index in [1.807, 2.05) is 32.0 Å². The Hall–Kier alpha value is -2.41. The molecule has 118 valence electrons. The molecule has 3 unspecified atom stereocenters. The van der Waals surface area contributed by atoms with Crippen LogP contribution in [0.25, 0.3) is 11.1 Å². The van der Waals surface area contributed by atoms with Gasteiger partial charge < -0.3 is 4.42 Å². The van der Waals surface area contributed by atoms with Crippen molar-refractivity contribution >= 4 is 16.9 Å². The zero-order valence-electron chi connectivity index (χ0n) is 13.8. The van der Waals surface area contributed by atoms with E-state index in [0.717, 1.165) is 0 Å². The smallest absolute Gasteiger partial charge is 0.220 e. The fourth-order valence-electron chi connectivity index (χ4n) is 3.32. The molecule has 0 radical (unpaired) electrons. The maximum Gasteiger partial charge on any atom is 0.220 e. The summed E-state index contributed by atoms with van der Waals surface area (Å²) >= 11 is 0. The van der Waals surface area contributed by atoms with Crippen molar-refractivity contribution in [2.24, 2.45) is 17.3 Å². The maximum absolute atomic E-state index is 12.9. The van der Waals surface area contributed by atoms with E-state index in [4.69, 9.17) is 4.42 Å². The summed E-state index contributed by atoms with van der Waals surface area (Å²) in [7, 11) is 0. The van der Waals surface area contributed by atoms with E-state index < -0.39 is 5.92 Å². The van der Waals surface area contributed by atoms with Gasteiger partial charge in [-0.2, -0.15) is 5.26 Å². The number of oxazole rings is 1. The van der Waals surface area contributed by atoms with Gasteiger partial charge in [-0.3, -0.25) is 4.79 Å². The van der Waals surface area contributed by atoms with Gasteiger partial charge in [-0.1, -0.05) is 37.6 Å². The monoisotopic (exact) mass is 308 g/mol. The van der Waals surface area contributed by atoms with Gasteiger partial charge >= 0.3 is 0 Å². The molecule has 23 heavy (non-hydrogen) atoms. The van der Waals surface area contributed by atoms with Crippen molar-refractivity contribution in [2.45, 2.75) is 33.6 Å². The number of para-hydroxylation sites is 2. The van der Waals surface area contributed by atoms with Crippen LogP contribution >= 0.6 is 0 Å². The Morgan fingerprint density at radius 1 is 1.39 bits per heavy atom. The highest BCUT2D eigenvalue weighted by Crippen LogP contribution is 2.61. The van der Waals surface area contributed by atoms with Gasteiger partial charge in [0.05, 0.1) is 6.07 Å². The number of allylic oxidation sites excluding steroid dienone is 2. The molecule has 4 nitrogen and oxygen atoms in total. The molecule has 0 N–H and O–H groups in total. The lowest BCUT2D eigenvalue weighted by molar-refractivity contribution is -0.121. The number of fused-ring (bicyclic) bond motifs is 1. The van der Waals surface area contributed by atoms with Crippen LogP contribution in [0.5, 0.6) is 0 Å². The second-order valence-electron chi connectivity index (χ2n) is 7.05. The largest absolute Gasteiger partial charge is 0.439 e. The predicted octanol–water partition coefficient (Wildman–Crippen LogP) is 4.24. The van der Waals surface area contributed by atoms with E-state index in [2.05, 4.69) is 31.0 Å². The lowest BCUT2D eigenvalue weighted by Crippen LogP contribution is -2.16. The van der Waals surface area contributed by atoms with Crippen LogP contribution in [0.15, 0.2) is 40.3 Å². The van der Waals surface area contributed by atoms with Crippen molar-refractivity contribution in [3.05, 3.63) is 41.8 Å². The normalized spacial score (nSPS) is 23.1. The lowest BCUT2D eigenvalue weighted by atomic mass is 9.97. The predicted molar refractivity (Wildman–Crippen MR) is 87.6 cm³/mol. The van der Waals surface area contributed by atoms with Crippen molar-refractivity contribution < 1.29 is 9.21 Å². The Labute approximate surface area is 135 Å². The molecule has 1 saturated carbocycles. The van der Waals surface area contributed by atoms with Crippen molar-refractivity contribution in [2.75, 3.05) is 0 Å². The van der Waals surface area contributed by atoms with Crippen LogP contribution in [-0.2, 0) is 4.79 Å².